The molecule has 11 nitrogen and oxygen atoms in total. The zero-order chi connectivity index (χ0) is 21.6. The predicted molar refractivity (Wildman–Crippen MR) is 92.3 cm³/mol. The minimum Gasteiger partial charge on any atom is -0.480 e. The number of ether oxygens (including phenoxy) is 2. The lowest BCUT2D eigenvalue weighted by Gasteiger charge is -2.09. The van der Waals surface area contributed by atoms with Crippen LogP contribution >= 0.6 is 0 Å². The number of rotatable bonds is 6. The number of fused-ring (bicyclic) bond motifs is 1. The van der Waals surface area contributed by atoms with Crippen molar-refractivity contribution in [3.8, 4) is 11.9 Å². The number of nitrogens with zero attached hydrogens (tertiary/aromatic N) is 6. The van der Waals surface area contributed by atoms with Gasteiger partial charge in [0.1, 0.15) is 5.69 Å². The summed E-state index contributed by atoms with van der Waals surface area (Å²) in [7, 11) is -2.23. The van der Waals surface area contributed by atoms with Crippen LogP contribution in [0.25, 0.3) is 5.65 Å². The second-order valence-corrected chi connectivity index (χ2v) is 7.28. The molecule has 0 fully saturated rings. The van der Waals surface area contributed by atoms with Crippen molar-refractivity contribution < 1.29 is 31.1 Å². The maximum Gasteiger partial charge on any atom is 0.437 e. The number of halogens is 3. The van der Waals surface area contributed by atoms with Gasteiger partial charge in [0.2, 0.25) is 5.88 Å². The van der Waals surface area contributed by atoms with E-state index in [0.717, 1.165) is 16.3 Å². The Bertz CT molecular complexity index is 1170. The van der Waals surface area contributed by atoms with Gasteiger partial charge in [0, 0.05) is 18.3 Å². The first kappa shape index (κ1) is 20.6. The first-order chi connectivity index (χ1) is 13.5. The topological polar surface area (TPSA) is 126 Å². The van der Waals surface area contributed by atoms with E-state index in [1.54, 1.807) is 6.92 Å². The molecule has 3 rings (SSSR count). The molecule has 0 aliphatic rings. The molecule has 0 aromatic carbocycles. The van der Waals surface area contributed by atoms with Crippen molar-refractivity contribution in [1.29, 1.82) is 0 Å². The summed E-state index contributed by atoms with van der Waals surface area (Å²) in [6.07, 6.45) is -4.93. The van der Waals surface area contributed by atoms with Crippen molar-refractivity contribution in [2.24, 2.45) is 0 Å². The maximum absolute atomic E-state index is 13.4. The molecular weight excluding hydrogens is 419 g/mol. The fourth-order valence-electron chi connectivity index (χ4n) is 2.54. The number of sulfonamides is 1. The maximum atomic E-state index is 13.4. The van der Waals surface area contributed by atoms with Crippen LogP contribution < -0.4 is 14.2 Å². The number of aryl methyl sites for hydroxylation is 2. The normalized spacial score (nSPS) is 12.4. The number of anilines is 1. The average molecular weight is 435 g/mol. The molecule has 3 heterocycles. The van der Waals surface area contributed by atoms with Crippen LogP contribution in [0.4, 0.5) is 18.9 Å². The highest BCUT2D eigenvalue weighted by Crippen LogP contribution is 2.40. The Labute approximate surface area is 162 Å². The molecule has 0 saturated heterocycles. The van der Waals surface area contributed by atoms with E-state index < -0.39 is 38.6 Å². The van der Waals surface area contributed by atoms with E-state index in [1.165, 1.54) is 20.1 Å². The zero-order valence-corrected chi connectivity index (χ0v) is 16.5. The fraction of sp³-hybridized carbons (Fsp3) is 0.429. The summed E-state index contributed by atoms with van der Waals surface area (Å²) in [5.74, 6) is -0.401. The Hall–Kier alpha value is -3.10. The molecule has 1 N–H and O–H groups in total. The van der Waals surface area contributed by atoms with Crippen LogP contribution in [0.3, 0.4) is 0 Å². The third-order valence-corrected chi connectivity index (χ3v) is 4.86. The van der Waals surface area contributed by atoms with E-state index in [1.807, 2.05) is 4.72 Å². The molecule has 15 heteroatoms. The summed E-state index contributed by atoms with van der Waals surface area (Å²) in [6.45, 7) is 3.17. The summed E-state index contributed by atoms with van der Waals surface area (Å²) >= 11 is 0. The van der Waals surface area contributed by atoms with Gasteiger partial charge >= 0.3 is 12.2 Å². The summed E-state index contributed by atoms with van der Waals surface area (Å²) in [5.41, 5.74) is -1.74. The van der Waals surface area contributed by atoms with Gasteiger partial charge in [0.25, 0.3) is 15.2 Å². The van der Waals surface area contributed by atoms with Gasteiger partial charge in [-0.3, -0.25) is 4.72 Å². The first-order valence-corrected chi connectivity index (χ1v) is 9.53. The number of aromatic nitrogens is 6. The van der Waals surface area contributed by atoms with E-state index >= 15 is 0 Å². The highest BCUT2D eigenvalue weighted by atomic mass is 32.2. The summed E-state index contributed by atoms with van der Waals surface area (Å²) in [4.78, 5) is 7.88. The Morgan fingerprint density at radius 2 is 1.86 bits per heavy atom. The second kappa shape index (κ2) is 7.06. The highest BCUT2D eigenvalue weighted by molar-refractivity contribution is 7.92. The number of methoxy groups -OCH3 is 2. The lowest BCUT2D eigenvalue weighted by atomic mass is 10.3. The van der Waals surface area contributed by atoms with Crippen molar-refractivity contribution >= 4 is 21.4 Å². The van der Waals surface area contributed by atoms with E-state index in [0.29, 0.717) is 5.69 Å². The SMILES string of the molecule is CCn1nc(C(F)(F)F)c(NS(=O)(=O)c2nc3cc(C)nc(OC)n3n2)c1OC. The van der Waals surface area contributed by atoms with Crippen LogP contribution in [0, 0.1) is 6.92 Å². The van der Waals surface area contributed by atoms with E-state index in [4.69, 9.17) is 9.47 Å². The Kier molecular flexibility index (Phi) is 5.02. The molecule has 0 saturated carbocycles. The Morgan fingerprint density at radius 1 is 1.17 bits per heavy atom. The summed E-state index contributed by atoms with van der Waals surface area (Å²) in [6, 6.07) is 1.40. The van der Waals surface area contributed by atoms with Gasteiger partial charge in [-0.2, -0.15) is 36.2 Å². The number of hydrogen-bond acceptors (Lipinski definition) is 8. The Morgan fingerprint density at radius 3 is 2.41 bits per heavy atom. The van der Waals surface area contributed by atoms with Crippen LogP contribution in [0.5, 0.6) is 11.9 Å². The number of alkyl halides is 3. The molecule has 0 spiro atoms. The quantitative estimate of drug-likeness (QED) is 0.617. The Balaban J connectivity index is 2.13. The average Bonchev–Trinajstić information content (AvgIpc) is 3.21. The van der Waals surface area contributed by atoms with Crippen LogP contribution in [0.1, 0.15) is 18.3 Å². The van der Waals surface area contributed by atoms with Gasteiger partial charge in [0.05, 0.1) is 14.2 Å². The largest absolute Gasteiger partial charge is 0.480 e. The fourth-order valence-corrected chi connectivity index (χ4v) is 3.49. The molecule has 0 radical (unpaired) electrons. The van der Waals surface area contributed by atoms with Crippen molar-refractivity contribution in [3.05, 3.63) is 17.5 Å². The third kappa shape index (κ3) is 3.64. The minimum absolute atomic E-state index is 0.0166. The predicted octanol–water partition coefficient (Wildman–Crippen LogP) is 1.49. The lowest BCUT2D eigenvalue weighted by Crippen LogP contribution is -2.18. The van der Waals surface area contributed by atoms with Crippen molar-refractivity contribution in [2.45, 2.75) is 31.7 Å². The lowest BCUT2D eigenvalue weighted by molar-refractivity contribution is -0.140. The smallest absolute Gasteiger partial charge is 0.437 e. The van der Waals surface area contributed by atoms with Gasteiger partial charge in [-0.1, -0.05) is 0 Å². The van der Waals surface area contributed by atoms with E-state index in [9.17, 15) is 21.6 Å². The molecule has 3 aromatic heterocycles. The molecule has 0 unspecified atom stereocenters. The van der Waals surface area contributed by atoms with Gasteiger partial charge in [0.15, 0.2) is 11.3 Å². The third-order valence-electron chi connectivity index (χ3n) is 3.73. The van der Waals surface area contributed by atoms with Crippen molar-refractivity contribution in [2.75, 3.05) is 18.9 Å². The molecule has 0 amide bonds. The van der Waals surface area contributed by atoms with Gasteiger partial charge in [-0.25, -0.2) is 9.67 Å². The standard InChI is InChI=1S/C14H16F3N7O4S/c1-5-23-11(27-3)9(10(20-23)14(15,16)17)22-29(25,26)12-19-8-6-7(2)18-13(28-4)24(8)21-12/h6,22H,5H2,1-4H3. The molecule has 0 aliphatic carbocycles. The van der Waals surface area contributed by atoms with Crippen LogP contribution in [-0.2, 0) is 22.7 Å². The van der Waals surface area contributed by atoms with Gasteiger partial charge in [-0.15, -0.1) is 5.10 Å². The monoisotopic (exact) mass is 435 g/mol. The van der Waals surface area contributed by atoms with Crippen LogP contribution in [0.2, 0.25) is 0 Å². The van der Waals surface area contributed by atoms with E-state index in [2.05, 4.69) is 20.2 Å². The van der Waals surface area contributed by atoms with E-state index in [-0.39, 0.29) is 18.2 Å². The highest BCUT2D eigenvalue weighted by Gasteiger charge is 2.41. The molecule has 158 valence electrons. The number of hydrogen-bond donors (Lipinski definition) is 1. The molecule has 29 heavy (non-hydrogen) atoms. The van der Waals surface area contributed by atoms with Crippen molar-refractivity contribution in [3.63, 3.8) is 0 Å². The molecule has 0 aliphatic heterocycles. The second-order valence-electron chi connectivity index (χ2n) is 5.70. The summed E-state index contributed by atoms with van der Waals surface area (Å²) in [5, 5.41) is 6.40. The van der Waals surface area contributed by atoms with Gasteiger partial charge in [-0.05, 0) is 13.8 Å². The molecule has 3 aromatic rings. The molecular formula is C14H16F3N7O4S. The minimum atomic E-state index is -4.93. The molecule has 0 atom stereocenters. The first-order valence-electron chi connectivity index (χ1n) is 8.05. The molecule has 0 bridgehead atoms. The number of nitrogens with one attached hydrogen (secondary N) is 1. The van der Waals surface area contributed by atoms with Crippen LogP contribution in [-0.4, -0.2) is 52.0 Å². The summed E-state index contributed by atoms with van der Waals surface area (Å²) < 4.78 is 79.3. The zero-order valence-electron chi connectivity index (χ0n) is 15.6. The van der Waals surface area contributed by atoms with Crippen LogP contribution in [0.15, 0.2) is 11.2 Å². The van der Waals surface area contributed by atoms with Crippen molar-refractivity contribution in [1.82, 2.24) is 29.4 Å². The van der Waals surface area contributed by atoms with Gasteiger partial charge < -0.3 is 9.47 Å².